The van der Waals surface area contributed by atoms with Gasteiger partial charge in [-0.2, -0.15) is 0 Å². The van der Waals surface area contributed by atoms with E-state index in [0.717, 1.165) is 25.2 Å². The second-order valence-electron chi connectivity index (χ2n) is 7.03. The molecule has 0 aliphatic heterocycles. The van der Waals surface area contributed by atoms with E-state index in [1.165, 1.54) is 29.7 Å². The number of aromatic nitrogens is 3. The molecule has 1 N–H and O–H groups in total. The molecule has 0 fully saturated rings. The minimum absolute atomic E-state index is 0.922. The first-order chi connectivity index (χ1) is 13.9. The van der Waals surface area contributed by atoms with Crippen LogP contribution in [-0.2, 0) is 13.0 Å². The molecule has 0 atom stereocenters. The molecule has 2 heterocycles. The molecule has 4 nitrogen and oxygen atoms in total. The van der Waals surface area contributed by atoms with Crippen molar-refractivity contribution in [3.8, 4) is 11.4 Å². The van der Waals surface area contributed by atoms with Crippen molar-refractivity contribution in [3.63, 3.8) is 0 Å². The van der Waals surface area contributed by atoms with E-state index < -0.39 is 0 Å². The predicted molar refractivity (Wildman–Crippen MR) is 114 cm³/mol. The molecule has 4 rings (SSSR count). The van der Waals surface area contributed by atoms with Crippen LogP contribution in [0.15, 0.2) is 91.8 Å². The van der Waals surface area contributed by atoms with Gasteiger partial charge in [0.25, 0.3) is 0 Å². The van der Waals surface area contributed by atoms with Gasteiger partial charge in [-0.1, -0.05) is 24.3 Å². The molecule has 0 unspecified atom stereocenters. The lowest BCUT2D eigenvalue weighted by Gasteiger charge is -2.08. The highest BCUT2D eigenvalue weighted by Crippen LogP contribution is 2.12. The third-order valence-electron chi connectivity index (χ3n) is 4.98. The monoisotopic (exact) mass is 370 g/mol. The molecule has 2 aromatic carbocycles. The quantitative estimate of drug-likeness (QED) is 0.431. The smallest absolute Gasteiger partial charge is 0.0991 e. The van der Waals surface area contributed by atoms with Gasteiger partial charge in [-0.05, 0) is 73.3 Å². The molecule has 0 aliphatic rings. The van der Waals surface area contributed by atoms with E-state index in [-0.39, 0.29) is 0 Å². The molecular weight excluding hydrogens is 344 g/mol. The van der Waals surface area contributed by atoms with Crippen LogP contribution in [0.2, 0.25) is 0 Å². The van der Waals surface area contributed by atoms with Crippen molar-refractivity contribution < 1.29 is 0 Å². The van der Waals surface area contributed by atoms with Crippen LogP contribution in [0.3, 0.4) is 0 Å². The highest BCUT2D eigenvalue weighted by Gasteiger charge is 1.99. The van der Waals surface area contributed by atoms with Gasteiger partial charge >= 0.3 is 0 Å². The van der Waals surface area contributed by atoms with Gasteiger partial charge in [0.2, 0.25) is 0 Å². The summed E-state index contributed by atoms with van der Waals surface area (Å²) in [6.07, 6.45) is 13.2. The van der Waals surface area contributed by atoms with Crippen LogP contribution in [-0.4, -0.2) is 20.7 Å². The Labute approximate surface area is 166 Å². The third kappa shape index (κ3) is 4.78. The van der Waals surface area contributed by atoms with Crippen molar-refractivity contribution in [2.45, 2.75) is 25.8 Å². The van der Waals surface area contributed by atoms with E-state index in [4.69, 9.17) is 0 Å². The minimum Gasteiger partial charge on any atom is -0.324 e. The average molecular weight is 370 g/mol. The van der Waals surface area contributed by atoms with Gasteiger partial charge in [-0.25, -0.2) is 4.98 Å². The van der Waals surface area contributed by atoms with Crippen LogP contribution in [0, 0.1) is 0 Å². The molecule has 0 radical (unpaired) electrons. The van der Waals surface area contributed by atoms with E-state index in [2.05, 4.69) is 75.8 Å². The molecule has 0 saturated carbocycles. The number of hydrogen-bond donors (Lipinski definition) is 1. The van der Waals surface area contributed by atoms with Crippen molar-refractivity contribution in [2.75, 3.05) is 6.54 Å². The first-order valence-electron chi connectivity index (χ1n) is 9.89. The van der Waals surface area contributed by atoms with E-state index in [0.29, 0.717) is 0 Å². The number of benzene rings is 2. The van der Waals surface area contributed by atoms with E-state index in [1.54, 1.807) is 6.20 Å². The number of aryl methyl sites for hydroxylation is 1. The molecule has 0 bridgehead atoms. The summed E-state index contributed by atoms with van der Waals surface area (Å²) in [5, 5.41) is 3.55. The number of unbranched alkanes of at least 4 members (excludes halogenated alkanes) is 1. The van der Waals surface area contributed by atoms with Gasteiger partial charge in [0, 0.05) is 42.7 Å². The fourth-order valence-electron chi connectivity index (χ4n) is 3.35. The molecule has 0 spiro atoms. The minimum atomic E-state index is 0.922. The van der Waals surface area contributed by atoms with Crippen molar-refractivity contribution in [1.82, 2.24) is 19.4 Å². The van der Waals surface area contributed by atoms with Crippen LogP contribution in [0.25, 0.3) is 11.4 Å². The van der Waals surface area contributed by atoms with Crippen LogP contribution in [0.4, 0.5) is 0 Å². The Kier molecular flexibility index (Phi) is 6.00. The molecule has 28 heavy (non-hydrogen) atoms. The highest BCUT2D eigenvalue weighted by molar-refractivity contribution is 5.35. The zero-order chi connectivity index (χ0) is 19.0. The second kappa shape index (κ2) is 9.20. The summed E-state index contributed by atoms with van der Waals surface area (Å²) in [6.45, 7) is 1.97. The maximum Gasteiger partial charge on any atom is 0.0991 e. The Morgan fingerprint density at radius 1 is 0.714 bits per heavy atom. The lowest BCUT2D eigenvalue weighted by Crippen LogP contribution is -2.14. The maximum atomic E-state index is 4.09. The van der Waals surface area contributed by atoms with Crippen molar-refractivity contribution in [1.29, 1.82) is 0 Å². The number of hydrogen-bond acceptors (Lipinski definition) is 2. The van der Waals surface area contributed by atoms with Crippen LogP contribution >= 0.6 is 0 Å². The van der Waals surface area contributed by atoms with Crippen molar-refractivity contribution in [2.24, 2.45) is 0 Å². The summed E-state index contributed by atoms with van der Waals surface area (Å²) in [5.74, 6) is 0. The maximum absolute atomic E-state index is 4.09. The summed E-state index contributed by atoms with van der Waals surface area (Å²) in [4.78, 5) is 4.09. The summed E-state index contributed by atoms with van der Waals surface area (Å²) < 4.78 is 4.15. The molecule has 2 aromatic heterocycles. The molecule has 0 amide bonds. The predicted octanol–water partition coefficient (Wildman–Crippen LogP) is 4.78. The Morgan fingerprint density at radius 2 is 1.39 bits per heavy atom. The summed E-state index contributed by atoms with van der Waals surface area (Å²) in [5.41, 5.74) is 5.08. The second-order valence-corrected chi connectivity index (χ2v) is 7.03. The number of nitrogens with zero attached hydrogens (tertiary/aromatic N) is 3. The van der Waals surface area contributed by atoms with Crippen LogP contribution < -0.4 is 5.32 Å². The average Bonchev–Trinajstić information content (AvgIpc) is 3.46. The molecule has 4 heteroatoms. The zero-order valence-corrected chi connectivity index (χ0v) is 16.0. The topological polar surface area (TPSA) is 34.8 Å². The van der Waals surface area contributed by atoms with Gasteiger partial charge in [-0.15, -0.1) is 0 Å². The highest BCUT2D eigenvalue weighted by atomic mass is 15.0. The summed E-state index contributed by atoms with van der Waals surface area (Å²) >= 11 is 0. The van der Waals surface area contributed by atoms with Gasteiger partial charge < -0.3 is 14.5 Å². The first-order valence-corrected chi connectivity index (χ1v) is 9.89. The van der Waals surface area contributed by atoms with E-state index in [1.807, 2.05) is 29.2 Å². The zero-order valence-electron chi connectivity index (χ0n) is 16.0. The number of imidazole rings is 1. The molecular formula is C24H26N4. The first kappa shape index (κ1) is 18.3. The number of nitrogens with one attached hydrogen (secondary N) is 1. The van der Waals surface area contributed by atoms with Gasteiger partial charge in [0.15, 0.2) is 0 Å². The summed E-state index contributed by atoms with van der Waals surface area (Å²) in [6, 6.07) is 21.6. The largest absolute Gasteiger partial charge is 0.324 e. The van der Waals surface area contributed by atoms with Crippen LogP contribution in [0.1, 0.15) is 24.0 Å². The normalized spacial score (nSPS) is 11.0. The van der Waals surface area contributed by atoms with Crippen LogP contribution in [0.5, 0.6) is 0 Å². The fraction of sp³-hybridized carbons (Fsp3) is 0.208. The Bertz CT molecular complexity index is 855. The molecule has 0 saturated heterocycles. The SMILES string of the molecule is c1ccn(-c2ccc(CNCCCCc3ccc(-n4ccnc4)cc3)cc2)c1. The van der Waals surface area contributed by atoms with Crippen molar-refractivity contribution in [3.05, 3.63) is 103 Å². The van der Waals surface area contributed by atoms with Gasteiger partial charge in [-0.3, -0.25) is 0 Å². The molecule has 142 valence electrons. The Balaban J connectivity index is 1.14. The Morgan fingerprint density at radius 3 is 2.07 bits per heavy atom. The van der Waals surface area contributed by atoms with Gasteiger partial charge in [0.05, 0.1) is 6.33 Å². The standard InChI is InChI=1S/C24H26N4/c1(5-21-6-10-24(11-7-21)28-18-15-26-20-28)2-14-25-19-22-8-12-23(13-9-22)27-16-3-4-17-27/h3-4,6-13,15-18,20,25H,1-2,5,14,19H2. The van der Waals surface area contributed by atoms with E-state index in [9.17, 15) is 0 Å². The Hall–Kier alpha value is -3.11. The third-order valence-corrected chi connectivity index (χ3v) is 4.98. The molecule has 4 aromatic rings. The lowest BCUT2D eigenvalue weighted by atomic mass is 10.1. The summed E-state index contributed by atoms with van der Waals surface area (Å²) in [7, 11) is 0. The van der Waals surface area contributed by atoms with Gasteiger partial charge in [0.1, 0.15) is 0 Å². The van der Waals surface area contributed by atoms with E-state index >= 15 is 0 Å². The van der Waals surface area contributed by atoms with Crippen molar-refractivity contribution >= 4 is 0 Å². The fourth-order valence-corrected chi connectivity index (χ4v) is 3.35. The number of rotatable bonds is 9. The lowest BCUT2D eigenvalue weighted by molar-refractivity contribution is 0.623. The molecule has 0 aliphatic carbocycles.